The molecule has 0 saturated heterocycles. The molecular formula is C18H23BrN2O. The van der Waals surface area contributed by atoms with E-state index >= 15 is 0 Å². The lowest BCUT2D eigenvalue weighted by Crippen LogP contribution is -2.65. The lowest BCUT2D eigenvalue weighted by Gasteiger charge is -2.65. The smallest absolute Gasteiger partial charge is 0.253 e. The van der Waals surface area contributed by atoms with Crippen LogP contribution in [0.3, 0.4) is 0 Å². The van der Waals surface area contributed by atoms with Crippen molar-refractivity contribution in [3.8, 4) is 0 Å². The number of pyridine rings is 1. The molecule has 0 spiro atoms. The molecule has 4 fully saturated rings. The highest BCUT2D eigenvalue weighted by molar-refractivity contribution is 9.10. The molecule has 1 aromatic heterocycles. The van der Waals surface area contributed by atoms with E-state index in [1.807, 2.05) is 6.07 Å². The Bertz CT molecular complexity index is 626. The van der Waals surface area contributed by atoms with E-state index in [1.165, 1.54) is 19.3 Å². The largest absolute Gasteiger partial charge is 0.347 e. The van der Waals surface area contributed by atoms with Gasteiger partial charge in [0.25, 0.3) is 5.91 Å². The van der Waals surface area contributed by atoms with Crippen LogP contribution in [0, 0.1) is 16.7 Å². The lowest BCUT2D eigenvalue weighted by molar-refractivity contribution is -0.114. The SMILES string of the molecule is C[C@]12CC3CC(NC(=O)c4cncc(Br)c4)(C1)C[C@@](C)(C3)C2. The quantitative estimate of drug-likeness (QED) is 0.850. The predicted octanol–water partition coefficient (Wildman–Crippen LogP) is 4.32. The zero-order valence-electron chi connectivity index (χ0n) is 13.3. The molecule has 4 saturated carbocycles. The van der Waals surface area contributed by atoms with Crippen molar-refractivity contribution >= 4 is 21.8 Å². The number of hydrogen-bond acceptors (Lipinski definition) is 2. The second-order valence-electron chi connectivity index (χ2n) is 8.76. The Hall–Kier alpha value is -0.900. The normalized spacial score (nSPS) is 42.4. The molecule has 4 heteroatoms. The van der Waals surface area contributed by atoms with Crippen molar-refractivity contribution in [1.29, 1.82) is 0 Å². The molecule has 1 N–H and O–H groups in total. The summed E-state index contributed by atoms with van der Waals surface area (Å²) in [7, 11) is 0. The molecule has 5 rings (SSSR count). The number of aromatic nitrogens is 1. The van der Waals surface area contributed by atoms with Crippen molar-refractivity contribution < 1.29 is 4.79 Å². The first kappa shape index (κ1) is 14.7. The minimum absolute atomic E-state index is 0.00230. The zero-order chi connectivity index (χ0) is 15.6. The van der Waals surface area contributed by atoms with Gasteiger partial charge in [-0.2, -0.15) is 0 Å². The van der Waals surface area contributed by atoms with Gasteiger partial charge >= 0.3 is 0 Å². The standard InChI is InChI=1S/C18H23BrN2O/c1-16-4-12-5-17(2,9-16)11-18(6-12,10-16)21-15(22)13-3-14(19)8-20-7-13/h3,7-8,12H,4-6,9-11H2,1-2H3,(H,21,22)/t12?,16-,17+,18?. The van der Waals surface area contributed by atoms with E-state index in [4.69, 9.17) is 0 Å². The summed E-state index contributed by atoms with van der Waals surface area (Å²) in [5, 5.41) is 3.42. The topological polar surface area (TPSA) is 42.0 Å². The molecule has 4 aliphatic carbocycles. The highest BCUT2D eigenvalue weighted by atomic mass is 79.9. The Balaban J connectivity index is 1.61. The van der Waals surface area contributed by atoms with Gasteiger partial charge in [0.05, 0.1) is 5.56 Å². The zero-order valence-corrected chi connectivity index (χ0v) is 14.9. The average molecular weight is 363 g/mol. The molecule has 1 heterocycles. The number of carbonyl (C=O) groups is 1. The summed E-state index contributed by atoms with van der Waals surface area (Å²) in [6.45, 7) is 4.86. The molecule has 4 bridgehead atoms. The number of nitrogens with zero attached hydrogens (tertiary/aromatic N) is 1. The Labute approximate surface area is 140 Å². The van der Waals surface area contributed by atoms with Crippen molar-refractivity contribution in [3.63, 3.8) is 0 Å². The molecule has 2 unspecified atom stereocenters. The summed E-state index contributed by atoms with van der Waals surface area (Å²) in [5.41, 5.74) is 1.48. The lowest BCUT2D eigenvalue weighted by atomic mass is 9.43. The maximum Gasteiger partial charge on any atom is 0.253 e. The molecular weight excluding hydrogens is 340 g/mol. The second-order valence-corrected chi connectivity index (χ2v) is 9.67. The number of nitrogens with one attached hydrogen (secondary N) is 1. The minimum atomic E-state index is 0.00230. The van der Waals surface area contributed by atoms with E-state index in [0.29, 0.717) is 16.4 Å². The van der Waals surface area contributed by atoms with Crippen LogP contribution in [0.15, 0.2) is 22.9 Å². The second kappa shape index (κ2) is 4.56. The van der Waals surface area contributed by atoms with E-state index in [9.17, 15) is 4.79 Å². The number of amides is 1. The van der Waals surface area contributed by atoms with Crippen LogP contribution in [0.5, 0.6) is 0 Å². The summed E-state index contributed by atoms with van der Waals surface area (Å²) in [5.74, 6) is 0.815. The Morgan fingerprint density at radius 3 is 2.45 bits per heavy atom. The minimum Gasteiger partial charge on any atom is -0.347 e. The van der Waals surface area contributed by atoms with Gasteiger partial charge in [-0.05, 0) is 77.3 Å². The fraction of sp³-hybridized carbons (Fsp3) is 0.667. The van der Waals surface area contributed by atoms with E-state index in [-0.39, 0.29) is 11.4 Å². The van der Waals surface area contributed by atoms with Gasteiger partial charge in [0.2, 0.25) is 0 Å². The van der Waals surface area contributed by atoms with Crippen molar-refractivity contribution in [3.05, 3.63) is 28.5 Å². The van der Waals surface area contributed by atoms with Crippen LogP contribution in [-0.4, -0.2) is 16.4 Å². The van der Waals surface area contributed by atoms with Crippen molar-refractivity contribution in [2.24, 2.45) is 16.7 Å². The van der Waals surface area contributed by atoms with Crippen LogP contribution in [-0.2, 0) is 0 Å². The summed E-state index contributed by atoms with van der Waals surface area (Å²) < 4.78 is 0.851. The number of carbonyl (C=O) groups excluding carboxylic acids is 1. The van der Waals surface area contributed by atoms with Crippen LogP contribution in [0.25, 0.3) is 0 Å². The Morgan fingerprint density at radius 2 is 1.86 bits per heavy atom. The monoisotopic (exact) mass is 362 g/mol. The Kier molecular flexibility index (Phi) is 3.04. The maximum atomic E-state index is 12.7. The number of halogens is 1. The molecule has 0 aromatic carbocycles. The number of rotatable bonds is 2. The fourth-order valence-corrected chi connectivity index (χ4v) is 6.80. The molecule has 4 aliphatic rings. The van der Waals surface area contributed by atoms with Crippen LogP contribution >= 0.6 is 15.9 Å². The number of hydrogen-bond donors (Lipinski definition) is 1. The van der Waals surface area contributed by atoms with Gasteiger partial charge in [-0.25, -0.2) is 0 Å². The first-order valence-corrected chi connectivity index (χ1v) is 9.01. The summed E-state index contributed by atoms with van der Waals surface area (Å²) in [6, 6.07) is 1.85. The van der Waals surface area contributed by atoms with Crippen LogP contribution < -0.4 is 5.32 Å². The van der Waals surface area contributed by atoms with Gasteiger partial charge in [0, 0.05) is 22.4 Å². The highest BCUT2D eigenvalue weighted by Crippen LogP contribution is 2.66. The molecule has 0 aliphatic heterocycles. The third-order valence-corrected chi connectivity index (χ3v) is 6.41. The summed E-state index contributed by atoms with van der Waals surface area (Å²) >= 11 is 3.40. The van der Waals surface area contributed by atoms with Gasteiger partial charge in [0.15, 0.2) is 0 Å². The molecule has 22 heavy (non-hydrogen) atoms. The summed E-state index contributed by atoms with van der Waals surface area (Å²) in [4.78, 5) is 16.8. The molecule has 1 amide bonds. The third-order valence-electron chi connectivity index (χ3n) is 5.97. The van der Waals surface area contributed by atoms with Gasteiger partial charge in [-0.15, -0.1) is 0 Å². The van der Waals surface area contributed by atoms with E-state index in [0.717, 1.165) is 29.7 Å². The molecule has 118 valence electrons. The van der Waals surface area contributed by atoms with Crippen molar-refractivity contribution in [2.45, 2.75) is 57.9 Å². The first-order chi connectivity index (χ1) is 10.3. The van der Waals surface area contributed by atoms with E-state index in [2.05, 4.69) is 40.1 Å². The van der Waals surface area contributed by atoms with Gasteiger partial charge < -0.3 is 5.32 Å². The molecule has 1 aromatic rings. The first-order valence-electron chi connectivity index (χ1n) is 8.22. The average Bonchev–Trinajstić information content (AvgIpc) is 2.33. The van der Waals surface area contributed by atoms with Crippen molar-refractivity contribution in [2.75, 3.05) is 0 Å². The highest BCUT2D eigenvalue weighted by Gasteiger charge is 2.60. The summed E-state index contributed by atoms with van der Waals surface area (Å²) in [6.07, 6.45) is 10.8. The fourth-order valence-electron chi connectivity index (χ4n) is 6.44. The van der Waals surface area contributed by atoms with Crippen molar-refractivity contribution in [1.82, 2.24) is 10.3 Å². The predicted molar refractivity (Wildman–Crippen MR) is 89.5 cm³/mol. The van der Waals surface area contributed by atoms with Gasteiger partial charge in [-0.1, -0.05) is 13.8 Å². The molecule has 0 radical (unpaired) electrons. The van der Waals surface area contributed by atoms with Crippen LogP contribution in [0.1, 0.15) is 62.7 Å². The van der Waals surface area contributed by atoms with E-state index < -0.39 is 0 Å². The molecule has 4 atom stereocenters. The van der Waals surface area contributed by atoms with E-state index in [1.54, 1.807) is 12.4 Å². The molecule has 3 nitrogen and oxygen atoms in total. The van der Waals surface area contributed by atoms with Crippen LogP contribution in [0.4, 0.5) is 0 Å². The van der Waals surface area contributed by atoms with Gasteiger partial charge in [-0.3, -0.25) is 9.78 Å². The third kappa shape index (κ3) is 2.40. The maximum absolute atomic E-state index is 12.7. The van der Waals surface area contributed by atoms with Crippen LogP contribution in [0.2, 0.25) is 0 Å². The van der Waals surface area contributed by atoms with Gasteiger partial charge in [0.1, 0.15) is 0 Å². The Morgan fingerprint density at radius 1 is 1.18 bits per heavy atom.